The first-order chi connectivity index (χ1) is 14.9. The third-order valence-electron chi connectivity index (χ3n) is 5.17. The van der Waals surface area contributed by atoms with E-state index in [1.165, 1.54) is 30.3 Å². The predicted octanol–water partition coefficient (Wildman–Crippen LogP) is 2.73. The number of hydrogen-bond donors (Lipinski definition) is 2. The van der Waals surface area contributed by atoms with Gasteiger partial charge in [-0.15, -0.1) is 0 Å². The van der Waals surface area contributed by atoms with Gasteiger partial charge in [0.05, 0.1) is 33.6 Å². The Balaban J connectivity index is 1.74. The van der Waals surface area contributed by atoms with Crippen molar-refractivity contribution < 1.29 is 14.6 Å². The summed E-state index contributed by atoms with van der Waals surface area (Å²) in [4.78, 5) is 41.0. The number of nitrogens with one attached hydrogen (secondary N) is 2. The standard InChI is InChI=1S/C20H18N6O5/c1-12-17(19(27)23-13-6-8-14(9-7-13)25(28)29)18(24-11-10-21-20(24)22-12)15-4-2-3-5-16(15)26(30)31/h2-9,18H,10-11H2,1H3,(H,21,22)(H,23,27). The van der Waals surface area contributed by atoms with Crippen LogP contribution >= 0.6 is 0 Å². The number of para-hydroxylation sites is 1. The maximum atomic E-state index is 13.3. The number of guanidine groups is 1. The molecule has 2 aliphatic heterocycles. The Bertz CT molecular complexity index is 1140. The van der Waals surface area contributed by atoms with Crippen LogP contribution in [0.5, 0.6) is 0 Å². The summed E-state index contributed by atoms with van der Waals surface area (Å²) >= 11 is 0. The molecular weight excluding hydrogens is 404 g/mol. The number of carbonyl (C=O) groups excluding carboxylic acids is 1. The average Bonchev–Trinajstić information content (AvgIpc) is 3.21. The highest BCUT2D eigenvalue weighted by Gasteiger charge is 2.41. The summed E-state index contributed by atoms with van der Waals surface area (Å²) in [6.07, 6.45) is 0. The number of nitrogens with zero attached hydrogens (tertiary/aromatic N) is 4. The smallest absolute Gasteiger partial charge is 0.275 e. The second kappa shape index (κ2) is 7.86. The molecule has 0 saturated carbocycles. The van der Waals surface area contributed by atoms with Crippen LogP contribution in [0.4, 0.5) is 17.1 Å². The lowest BCUT2D eigenvalue weighted by Gasteiger charge is -2.37. The number of nitro benzene ring substituents is 2. The Hall–Kier alpha value is -4.28. The van der Waals surface area contributed by atoms with Crippen molar-refractivity contribution >= 4 is 28.9 Å². The van der Waals surface area contributed by atoms with Gasteiger partial charge in [-0.25, -0.2) is 0 Å². The van der Waals surface area contributed by atoms with Crippen molar-refractivity contribution in [1.82, 2.24) is 10.2 Å². The van der Waals surface area contributed by atoms with E-state index < -0.39 is 21.8 Å². The Kier molecular flexibility index (Phi) is 5.07. The number of amides is 1. The summed E-state index contributed by atoms with van der Waals surface area (Å²) in [5.74, 6) is 0.0977. The average molecular weight is 422 g/mol. The molecule has 0 spiro atoms. The van der Waals surface area contributed by atoms with E-state index in [1.54, 1.807) is 25.1 Å². The molecule has 1 amide bonds. The zero-order valence-electron chi connectivity index (χ0n) is 16.4. The summed E-state index contributed by atoms with van der Waals surface area (Å²) in [6.45, 7) is 2.72. The number of anilines is 1. The highest BCUT2D eigenvalue weighted by molar-refractivity contribution is 6.07. The lowest BCUT2D eigenvalue weighted by molar-refractivity contribution is -0.385. The highest BCUT2D eigenvalue weighted by atomic mass is 16.6. The van der Waals surface area contributed by atoms with Crippen LogP contribution in [-0.2, 0) is 4.79 Å². The highest BCUT2D eigenvalue weighted by Crippen LogP contribution is 2.39. The van der Waals surface area contributed by atoms with Gasteiger partial charge in [-0.3, -0.25) is 30.0 Å². The van der Waals surface area contributed by atoms with Crippen molar-refractivity contribution in [3.8, 4) is 0 Å². The molecule has 0 radical (unpaired) electrons. The molecule has 31 heavy (non-hydrogen) atoms. The number of carbonyl (C=O) groups is 1. The van der Waals surface area contributed by atoms with Gasteiger partial charge in [0.25, 0.3) is 17.3 Å². The van der Waals surface area contributed by atoms with Crippen molar-refractivity contribution in [2.75, 3.05) is 18.4 Å². The zero-order valence-corrected chi connectivity index (χ0v) is 16.4. The molecule has 0 aliphatic carbocycles. The van der Waals surface area contributed by atoms with E-state index in [1.807, 2.05) is 4.90 Å². The van der Waals surface area contributed by atoms with Gasteiger partial charge in [0.1, 0.15) is 0 Å². The van der Waals surface area contributed by atoms with Crippen molar-refractivity contribution in [2.45, 2.75) is 13.0 Å². The number of aliphatic imine (C=N–C) groups is 1. The second-order valence-corrected chi connectivity index (χ2v) is 7.04. The van der Waals surface area contributed by atoms with E-state index >= 15 is 0 Å². The SMILES string of the molecule is CC1=C(C(=O)Nc2ccc([N+](=O)[O-])cc2)C(c2ccccc2[N+](=O)[O-])N2CCN=C2N1. The maximum absolute atomic E-state index is 13.3. The number of non-ortho nitro benzene ring substituents is 1. The van der Waals surface area contributed by atoms with Crippen molar-refractivity contribution in [1.29, 1.82) is 0 Å². The van der Waals surface area contributed by atoms with E-state index in [0.29, 0.717) is 41.6 Å². The van der Waals surface area contributed by atoms with Crippen LogP contribution in [0.1, 0.15) is 18.5 Å². The molecule has 2 N–H and O–H groups in total. The van der Waals surface area contributed by atoms with Gasteiger partial charge in [-0.2, -0.15) is 0 Å². The topological polar surface area (TPSA) is 143 Å². The van der Waals surface area contributed by atoms with Gasteiger partial charge < -0.3 is 15.5 Å². The third-order valence-corrected chi connectivity index (χ3v) is 5.17. The molecule has 1 atom stereocenters. The predicted molar refractivity (Wildman–Crippen MR) is 112 cm³/mol. The first-order valence-electron chi connectivity index (χ1n) is 9.45. The quantitative estimate of drug-likeness (QED) is 0.557. The fourth-order valence-corrected chi connectivity index (χ4v) is 3.79. The monoisotopic (exact) mass is 422 g/mol. The summed E-state index contributed by atoms with van der Waals surface area (Å²) in [5.41, 5.74) is 1.42. The number of rotatable bonds is 5. The Morgan fingerprint density at radius 1 is 1.13 bits per heavy atom. The van der Waals surface area contributed by atoms with Gasteiger partial charge >= 0.3 is 0 Å². The van der Waals surface area contributed by atoms with Gasteiger partial charge in [0.2, 0.25) is 0 Å². The third kappa shape index (κ3) is 3.68. The van der Waals surface area contributed by atoms with Crippen LogP contribution in [-0.4, -0.2) is 39.7 Å². The van der Waals surface area contributed by atoms with Gasteiger partial charge in [0, 0.05) is 36.1 Å². The molecule has 1 unspecified atom stereocenters. The Labute approximate surface area is 176 Å². The van der Waals surface area contributed by atoms with E-state index in [0.717, 1.165) is 0 Å². The number of benzene rings is 2. The van der Waals surface area contributed by atoms with Crippen LogP contribution in [0.3, 0.4) is 0 Å². The minimum Gasteiger partial charge on any atom is -0.330 e. The fourth-order valence-electron chi connectivity index (χ4n) is 3.79. The number of hydrogen-bond acceptors (Lipinski definition) is 8. The number of nitro groups is 2. The Morgan fingerprint density at radius 2 is 1.84 bits per heavy atom. The first-order valence-corrected chi connectivity index (χ1v) is 9.45. The Morgan fingerprint density at radius 3 is 2.52 bits per heavy atom. The van der Waals surface area contributed by atoms with E-state index in [-0.39, 0.29) is 11.4 Å². The molecule has 0 bridgehead atoms. The fraction of sp³-hybridized carbons (Fsp3) is 0.200. The first kappa shape index (κ1) is 20.0. The van der Waals surface area contributed by atoms with Gasteiger partial charge in [-0.1, -0.05) is 12.1 Å². The number of fused-ring (bicyclic) bond motifs is 1. The largest absolute Gasteiger partial charge is 0.330 e. The minimum absolute atomic E-state index is 0.0888. The molecule has 4 rings (SSSR count). The van der Waals surface area contributed by atoms with Crippen LogP contribution in [0, 0.1) is 20.2 Å². The zero-order chi connectivity index (χ0) is 22.1. The van der Waals surface area contributed by atoms with Crippen LogP contribution in [0.25, 0.3) is 0 Å². The van der Waals surface area contributed by atoms with E-state index in [2.05, 4.69) is 15.6 Å². The van der Waals surface area contributed by atoms with E-state index in [4.69, 9.17) is 0 Å². The van der Waals surface area contributed by atoms with Gasteiger partial charge in [0.15, 0.2) is 5.96 Å². The molecule has 11 nitrogen and oxygen atoms in total. The molecular formula is C20H18N6O5. The maximum Gasteiger partial charge on any atom is 0.275 e. The molecule has 11 heteroatoms. The molecule has 2 aliphatic rings. The van der Waals surface area contributed by atoms with Crippen molar-refractivity contribution in [3.63, 3.8) is 0 Å². The molecule has 158 valence electrons. The molecule has 2 aromatic rings. The van der Waals surface area contributed by atoms with Crippen molar-refractivity contribution in [2.24, 2.45) is 4.99 Å². The van der Waals surface area contributed by atoms with Crippen LogP contribution in [0.15, 0.2) is 64.8 Å². The second-order valence-electron chi connectivity index (χ2n) is 7.04. The van der Waals surface area contributed by atoms with E-state index in [9.17, 15) is 25.0 Å². The summed E-state index contributed by atoms with van der Waals surface area (Å²) in [7, 11) is 0. The van der Waals surface area contributed by atoms with Crippen LogP contribution < -0.4 is 10.6 Å². The molecule has 2 heterocycles. The minimum atomic E-state index is -0.706. The summed E-state index contributed by atoms with van der Waals surface area (Å²) in [6, 6.07) is 11.1. The summed E-state index contributed by atoms with van der Waals surface area (Å²) < 4.78 is 0. The molecule has 0 saturated heterocycles. The normalized spacial score (nSPS) is 17.5. The number of allylic oxidation sites excluding steroid dienone is 1. The summed E-state index contributed by atoms with van der Waals surface area (Å²) in [5, 5.41) is 28.4. The lowest BCUT2D eigenvalue weighted by atomic mass is 9.92. The lowest BCUT2D eigenvalue weighted by Crippen LogP contribution is -2.48. The van der Waals surface area contributed by atoms with Gasteiger partial charge in [-0.05, 0) is 25.1 Å². The van der Waals surface area contributed by atoms with Crippen molar-refractivity contribution in [3.05, 3.63) is 85.6 Å². The molecule has 2 aromatic carbocycles. The molecule has 0 fully saturated rings. The molecule has 0 aromatic heterocycles. The van der Waals surface area contributed by atoms with Crippen LogP contribution in [0.2, 0.25) is 0 Å².